The first-order valence-corrected chi connectivity index (χ1v) is 16.9. The van der Waals surface area contributed by atoms with Crippen LogP contribution in [-0.4, -0.2) is 4.57 Å². The van der Waals surface area contributed by atoms with Gasteiger partial charge in [-0.15, -0.1) is 0 Å². The number of fused-ring (bicyclic) bond motifs is 6. The molecule has 0 fully saturated rings. The number of hydrogen-bond acceptors (Lipinski definition) is 0. The van der Waals surface area contributed by atoms with Gasteiger partial charge in [0.1, 0.15) is 0 Å². The Hall–Kier alpha value is -6.44. The van der Waals surface area contributed by atoms with Gasteiger partial charge in [0.15, 0.2) is 0 Å². The Labute approximate surface area is 284 Å². The smallest absolute Gasteiger partial charge is 0.0541 e. The largest absolute Gasteiger partial charge is 0.309 e. The van der Waals surface area contributed by atoms with E-state index in [9.17, 15) is 0 Å². The lowest BCUT2D eigenvalue weighted by Gasteiger charge is -2.19. The van der Waals surface area contributed by atoms with E-state index >= 15 is 0 Å². The van der Waals surface area contributed by atoms with Crippen LogP contribution in [0.1, 0.15) is 0 Å². The van der Waals surface area contributed by atoms with Crippen LogP contribution in [0.4, 0.5) is 0 Å². The van der Waals surface area contributed by atoms with Crippen molar-refractivity contribution in [3.05, 3.63) is 188 Å². The van der Waals surface area contributed by atoms with E-state index in [2.05, 4.69) is 193 Å². The Bertz CT molecular complexity index is 2790. The van der Waals surface area contributed by atoms with Gasteiger partial charge >= 0.3 is 0 Å². The minimum absolute atomic E-state index is 1.18. The number of benzene rings is 9. The molecular formula is C48H31N. The van der Waals surface area contributed by atoms with Gasteiger partial charge in [-0.05, 0) is 96.0 Å². The van der Waals surface area contributed by atoms with Crippen molar-refractivity contribution in [2.45, 2.75) is 0 Å². The lowest BCUT2D eigenvalue weighted by Crippen LogP contribution is -1.93. The molecular weight excluding hydrogens is 591 g/mol. The second kappa shape index (κ2) is 11.1. The molecule has 10 aromatic rings. The van der Waals surface area contributed by atoms with Crippen LogP contribution >= 0.6 is 0 Å². The van der Waals surface area contributed by atoms with Gasteiger partial charge < -0.3 is 4.57 Å². The first kappa shape index (κ1) is 27.7. The SMILES string of the molecule is c1ccc(-n2c3ccccc3c3cc(-c4ccc(-c5c6ccccc6c(-c6cccc7ccccc67)c6ccccc56)cc4)ccc32)cc1. The molecule has 0 saturated heterocycles. The minimum Gasteiger partial charge on any atom is -0.309 e. The van der Waals surface area contributed by atoms with Gasteiger partial charge in [-0.25, -0.2) is 0 Å². The normalized spacial score (nSPS) is 11.7. The molecule has 0 amide bonds. The molecule has 1 nitrogen and oxygen atoms in total. The quantitative estimate of drug-likeness (QED) is 0.172. The van der Waals surface area contributed by atoms with Crippen molar-refractivity contribution < 1.29 is 0 Å². The predicted molar refractivity (Wildman–Crippen MR) is 210 cm³/mol. The number of rotatable bonds is 4. The van der Waals surface area contributed by atoms with Gasteiger partial charge in [0.05, 0.1) is 11.0 Å². The summed E-state index contributed by atoms with van der Waals surface area (Å²) in [5.41, 5.74) is 11.1. The zero-order valence-electron chi connectivity index (χ0n) is 26.8. The van der Waals surface area contributed by atoms with E-state index in [-0.39, 0.29) is 0 Å². The van der Waals surface area contributed by atoms with Crippen LogP contribution in [0.5, 0.6) is 0 Å². The van der Waals surface area contributed by atoms with E-state index in [0.29, 0.717) is 0 Å². The Morgan fingerprint density at radius 2 is 0.796 bits per heavy atom. The van der Waals surface area contributed by atoms with Crippen LogP contribution in [-0.2, 0) is 0 Å². The van der Waals surface area contributed by atoms with E-state index in [1.54, 1.807) is 0 Å². The number of nitrogens with zero attached hydrogens (tertiary/aromatic N) is 1. The lowest BCUT2D eigenvalue weighted by atomic mass is 9.84. The van der Waals surface area contributed by atoms with Crippen LogP contribution in [0.2, 0.25) is 0 Å². The molecule has 228 valence electrons. The average molecular weight is 622 g/mol. The van der Waals surface area contributed by atoms with Crippen LogP contribution in [0.3, 0.4) is 0 Å². The van der Waals surface area contributed by atoms with Crippen molar-refractivity contribution in [2.24, 2.45) is 0 Å². The van der Waals surface area contributed by atoms with Crippen LogP contribution in [0.25, 0.3) is 93.2 Å². The van der Waals surface area contributed by atoms with Crippen LogP contribution in [0.15, 0.2) is 188 Å². The molecule has 1 heteroatoms. The van der Waals surface area contributed by atoms with Crippen LogP contribution < -0.4 is 0 Å². The molecule has 0 bridgehead atoms. The average Bonchev–Trinajstić information content (AvgIpc) is 3.51. The lowest BCUT2D eigenvalue weighted by molar-refractivity contribution is 1.18. The second-order valence-corrected chi connectivity index (χ2v) is 12.9. The van der Waals surface area contributed by atoms with Gasteiger partial charge in [-0.1, -0.05) is 158 Å². The summed E-state index contributed by atoms with van der Waals surface area (Å²) < 4.78 is 2.37. The Kier molecular flexibility index (Phi) is 6.25. The van der Waals surface area contributed by atoms with E-state index < -0.39 is 0 Å². The molecule has 0 radical (unpaired) electrons. The second-order valence-electron chi connectivity index (χ2n) is 12.9. The molecule has 0 unspecified atom stereocenters. The highest BCUT2D eigenvalue weighted by molar-refractivity contribution is 6.23. The summed E-state index contributed by atoms with van der Waals surface area (Å²) in [5, 5.41) is 10.2. The number of aromatic nitrogens is 1. The maximum absolute atomic E-state index is 2.37. The molecule has 0 atom stereocenters. The monoisotopic (exact) mass is 621 g/mol. The highest BCUT2D eigenvalue weighted by Crippen LogP contribution is 2.45. The summed E-state index contributed by atoms with van der Waals surface area (Å²) in [6.07, 6.45) is 0. The van der Waals surface area contributed by atoms with Gasteiger partial charge in [0.25, 0.3) is 0 Å². The molecule has 0 saturated carbocycles. The molecule has 0 spiro atoms. The van der Waals surface area contributed by atoms with Crippen molar-refractivity contribution in [1.29, 1.82) is 0 Å². The van der Waals surface area contributed by atoms with Gasteiger partial charge in [0, 0.05) is 16.5 Å². The molecule has 10 rings (SSSR count). The third-order valence-corrected chi connectivity index (χ3v) is 10.2. The van der Waals surface area contributed by atoms with E-state index in [0.717, 1.165) is 0 Å². The van der Waals surface area contributed by atoms with Crippen molar-refractivity contribution in [3.8, 4) is 39.1 Å². The first-order valence-electron chi connectivity index (χ1n) is 16.9. The Morgan fingerprint density at radius 3 is 1.51 bits per heavy atom. The summed E-state index contributed by atoms with van der Waals surface area (Å²) >= 11 is 0. The summed E-state index contributed by atoms with van der Waals surface area (Å²) in [6.45, 7) is 0. The molecule has 9 aromatic carbocycles. The summed E-state index contributed by atoms with van der Waals surface area (Å²) in [4.78, 5) is 0. The maximum atomic E-state index is 2.37. The first-order chi connectivity index (χ1) is 24.3. The Morgan fingerprint density at radius 1 is 0.286 bits per heavy atom. The Balaban J connectivity index is 1.14. The topological polar surface area (TPSA) is 4.93 Å². The summed E-state index contributed by atoms with van der Waals surface area (Å²) in [5.74, 6) is 0. The number of para-hydroxylation sites is 2. The fourth-order valence-corrected chi connectivity index (χ4v) is 8.01. The predicted octanol–water partition coefficient (Wildman–Crippen LogP) is 13.2. The molecule has 1 aromatic heterocycles. The van der Waals surface area contributed by atoms with E-state index in [1.807, 2.05) is 0 Å². The molecule has 0 aliphatic rings. The van der Waals surface area contributed by atoms with Crippen molar-refractivity contribution in [2.75, 3.05) is 0 Å². The third-order valence-electron chi connectivity index (χ3n) is 10.2. The van der Waals surface area contributed by atoms with Crippen molar-refractivity contribution >= 4 is 54.1 Å². The molecule has 0 N–H and O–H groups in total. The van der Waals surface area contributed by atoms with Crippen molar-refractivity contribution in [1.82, 2.24) is 4.57 Å². The van der Waals surface area contributed by atoms with Gasteiger partial charge in [0.2, 0.25) is 0 Å². The molecule has 0 aliphatic heterocycles. The van der Waals surface area contributed by atoms with E-state index in [4.69, 9.17) is 0 Å². The maximum Gasteiger partial charge on any atom is 0.0541 e. The molecule has 0 aliphatic carbocycles. The zero-order chi connectivity index (χ0) is 32.3. The van der Waals surface area contributed by atoms with Crippen LogP contribution in [0, 0.1) is 0 Å². The minimum atomic E-state index is 1.18. The fourth-order valence-electron chi connectivity index (χ4n) is 8.01. The molecule has 1 heterocycles. The van der Waals surface area contributed by atoms with E-state index in [1.165, 1.54) is 93.2 Å². The highest BCUT2D eigenvalue weighted by atomic mass is 15.0. The molecule has 49 heavy (non-hydrogen) atoms. The number of hydrogen-bond donors (Lipinski definition) is 0. The third kappa shape index (κ3) is 4.33. The van der Waals surface area contributed by atoms with Gasteiger partial charge in [-0.2, -0.15) is 0 Å². The van der Waals surface area contributed by atoms with Gasteiger partial charge in [-0.3, -0.25) is 0 Å². The highest BCUT2D eigenvalue weighted by Gasteiger charge is 2.18. The standard InChI is InChI=1S/C48H31N/c1-2-15-36(16-3-1)49-45-24-11-10-18-38(45)44-31-35(29-30-46(44)49)32-25-27-34(28-26-32)47-40-19-6-8-21-42(40)48(43-22-9-7-20-41(43)47)39-23-12-14-33-13-4-5-17-37(33)39/h1-31H. The summed E-state index contributed by atoms with van der Waals surface area (Å²) in [7, 11) is 0. The zero-order valence-corrected chi connectivity index (χ0v) is 26.8. The summed E-state index contributed by atoms with van der Waals surface area (Å²) in [6, 6.07) is 68.7. The fraction of sp³-hybridized carbons (Fsp3) is 0. The van der Waals surface area contributed by atoms with Crippen molar-refractivity contribution in [3.63, 3.8) is 0 Å².